The molecule has 1 aliphatic rings. The summed E-state index contributed by atoms with van der Waals surface area (Å²) in [6.07, 6.45) is 0. The second-order valence-electron chi connectivity index (χ2n) is 7.85. The maximum atomic E-state index is 2.65. The van der Waals surface area contributed by atoms with Crippen LogP contribution in [0.4, 0.5) is 0 Å². The van der Waals surface area contributed by atoms with Crippen LogP contribution in [0.3, 0.4) is 0 Å². The van der Waals surface area contributed by atoms with Gasteiger partial charge in [-0.2, -0.15) is 0 Å². The van der Waals surface area contributed by atoms with E-state index < -0.39 is 26.5 Å². The molecule has 2 aromatic heterocycles. The first-order valence-corrected chi connectivity index (χ1v) is 21.7. The van der Waals surface area contributed by atoms with Crippen molar-refractivity contribution >= 4 is 85.5 Å². The second kappa shape index (κ2) is 4.97. The van der Waals surface area contributed by atoms with Gasteiger partial charge in [-0.1, -0.05) is 0 Å². The topological polar surface area (TPSA) is 0 Å². The summed E-state index contributed by atoms with van der Waals surface area (Å²) in [4.78, 5) is 5.29. The fourth-order valence-electron chi connectivity index (χ4n) is 4.44. The second-order valence-corrected chi connectivity index (χ2v) is 27.1. The van der Waals surface area contributed by atoms with Gasteiger partial charge in [0.05, 0.1) is 0 Å². The minimum absolute atomic E-state index is 1.51. The molecule has 0 aliphatic carbocycles. The van der Waals surface area contributed by atoms with E-state index in [0.29, 0.717) is 0 Å². The van der Waals surface area contributed by atoms with E-state index in [4.69, 9.17) is 0 Å². The summed E-state index contributed by atoms with van der Waals surface area (Å²) in [7, 11) is -1.60. The molecule has 0 N–H and O–H groups in total. The van der Waals surface area contributed by atoms with Crippen LogP contribution in [-0.2, 0) is 0 Å². The fraction of sp³-hybridized carbons (Fsp3) is 0.200. The Hall–Kier alpha value is -0.624. The summed E-state index contributed by atoms with van der Waals surface area (Å²) in [6.45, 7) is 5.16. The molecule has 24 heavy (non-hydrogen) atoms. The number of benzene rings is 2. The van der Waals surface area contributed by atoms with Crippen LogP contribution in [0.5, 0.6) is 0 Å². The van der Waals surface area contributed by atoms with E-state index in [0.717, 1.165) is 0 Å². The van der Waals surface area contributed by atoms with Gasteiger partial charge in [0.15, 0.2) is 0 Å². The number of fused-ring (bicyclic) bond motifs is 6. The van der Waals surface area contributed by atoms with E-state index >= 15 is 0 Å². The quantitative estimate of drug-likeness (QED) is 0.340. The fourth-order valence-corrected chi connectivity index (χ4v) is 34.8. The van der Waals surface area contributed by atoms with Gasteiger partial charge in [0.1, 0.15) is 0 Å². The van der Waals surface area contributed by atoms with E-state index in [9.17, 15) is 0 Å². The molecule has 120 valence electrons. The molecule has 4 heteroatoms. The van der Waals surface area contributed by atoms with Crippen LogP contribution in [0.1, 0.15) is 0 Å². The van der Waals surface area contributed by atoms with Crippen molar-refractivity contribution in [1.82, 2.24) is 0 Å². The van der Waals surface area contributed by atoms with E-state index in [-0.39, 0.29) is 0 Å². The Labute approximate surface area is 156 Å². The molecule has 4 aromatic rings. The number of hydrogen-bond donors (Lipinski definition) is 0. The Kier molecular flexibility index (Phi) is 3.23. The van der Waals surface area contributed by atoms with Crippen molar-refractivity contribution in [1.29, 1.82) is 0 Å². The standard InChI is InChI=1S/C18H14S2Si.2CH3.Sn/c1-21(2,17-11-13-7-3-5-9-15(13)19-17)18-12-14-8-4-6-10-16(14)20-18;;;/h3-10H,1-2H3;2*1H3;. The van der Waals surface area contributed by atoms with Crippen molar-refractivity contribution in [2.45, 2.75) is 23.0 Å². The van der Waals surface area contributed by atoms with Gasteiger partial charge in [0, 0.05) is 0 Å². The zero-order valence-electron chi connectivity index (χ0n) is 14.4. The average molecular weight is 471 g/mol. The Balaban J connectivity index is 1.99. The molecule has 0 atom stereocenters. The van der Waals surface area contributed by atoms with Crippen LogP contribution in [0.2, 0.25) is 23.0 Å². The summed E-state index contributed by atoms with van der Waals surface area (Å²) in [5.41, 5.74) is 0. The van der Waals surface area contributed by atoms with Crippen LogP contribution in [0.25, 0.3) is 20.2 Å². The van der Waals surface area contributed by atoms with Gasteiger partial charge in [-0.25, -0.2) is 0 Å². The zero-order chi connectivity index (χ0) is 16.7. The Morgan fingerprint density at radius 2 is 1.12 bits per heavy atom. The van der Waals surface area contributed by atoms with Gasteiger partial charge in [-0.3, -0.25) is 0 Å². The molecule has 0 saturated carbocycles. The van der Waals surface area contributed by atoms with Crippen LogP contribution < -0.4 is 16.2 Å². The number of hydrogen-bond acceptors (Lipinski definition) is 2. The molecule has 0 saturated heterocycles. The van der Waals surface area contributed by atoms with E-state index in [1.807, 2.05) is 7.16 Å². The maximum absolute atomic E-state index is 2.65. The number of thiophene rings is 2. The molecule has 0 nitrogen and oxygen atoms in total. The summed E-state index contributed by atoms with van der Waals surface area (Å²) >= 11 is 1.61. The molecule has 5 rings (SSSR count). The Morgan fingerprint density at radius 3 is 1.58 bits per heavy atom. The zero-order valence-corrected chi connectivity index (χ0v) is 19.9. The summed E-state index contributed by atoms with van der Waals surface area (Å²) in [5, 5.41) is 3.14. The molecule has 0 spiro atoms. The third-order valence-electron chi connectivity index (χ3n) is 5.58. The predicted molar refractivity (Wildman–Crippen MR) is 117 cm³/mol. The molecular formula is C20H20S2SiSn. The van der Waals surface area contributed by atoms with Gasteiger partial charge >= 0.3 is 157 Å². The molecular weight excluding hydrogens is 451 g/mol. The van der Waals surface area contributed by atoms with Gasteiger partial charge in [-0.05, 0) is 0 Å². The molecule has 1 aliphatic heterocycles. The van der Waals surface area contributed by atoms with E-state index in [2.05, 4.69) is 94.2 Å². The van der Waals surface area contributed by atoms with Gasteiger partial charge in [-0.15, -0.1) is 0 Å². The van der Waals surface area contributed by atoms with Crippen molar-refractivity contribution in [3.8, 4) is 0 Å². The summed E-state index contributed by atoms with van der Waals surface area (Å²) in [5.74, 6) is 0. The third-order valence-corrected chi connectivity index (χ3v) is 26.6. The van der Waals surface area contributed by atoms with Gasteiger partial charge < -0.3 is 0 Å². The molecule has 0 unspecified atom stereocenters. The molecule has 0 radical (unpaired) electrons. The predicted octanol–water partition coefficient (Wildman–Crippen LogP) is 4.07. The van der Waals surface area contributed by atoms with Crippen LogP contribution >= 0.6 is 22.7 Å². The van der Waals surface area contributed by atoms with Crippen molar-refractivity contribution < 1.29 is 0 Å². The molecule has 2 aromatic carbocycles. The van der Waals surface area contributed by atoms with Crippen molar-refractivity contribution in [2.24, 2.45) is 0 Å². The van der Waals surface area contributed by atoms with Gasteiger partial charge in [0.2, 0.25) is 0 Å². The first kappa shape index (κ1) is 15.6. The SMILES string of the molecule is C[Si]1(C)c2sc3ccccc3[c]2[Sn]([CH3])([CH3])[c]2c1sc1ccccc21. The van der Waals surface area contributed by atoms with Crippen molar-refractivity contribution in [2.75, 3.05) is 0 Å². The third kappa shape index (κ3) is 1.84. The summed E-state index contributed by atoms with van der Waals surface area (Å²) in [6, 6.07) is 18.3. The van der Waals surface area contributed by atoms with Crippen LogP contribution in [0, 0.1) is 0 Å². The van der Waals surface area contributed by atoms with Crippen molar-refractivity contribution in [3.05, 3.63) is 48.5 Å². The normalized spacial score (nSPS) is 17.8. The minimum atomic E-state index is -2.59. The molecule has 0 bridgehead atoms. The Bertz CT molecular complexity index is 1030. The Morgan fingerprint density at radius 1 is 0.708 bits per heavy atom. The van der Waals surface area contributed by atoms with Crippen LogP contribution in [0.15, 0.2) is 48.5 Å². The van der Waals surface area contributed by atoms with Crippen molar-refractivity contribution in [3.63, 3.8) is 0 Å². The molecule has 0 fully saturated rings. The average Bonchev–Trinajstić information content (AvgIpc) is 3.14. The monoisotopic (exact) mass is 472 g/mol. The molecule has 3 heterocycles. The first-order valence-electron chi connectivity index (χ1n) is 8.47. The first-order chi connectivity index (χ1) is 11.4. The molecule has 0 amide bonds. The number of rotatable bonds is 0. The summed E-state index contributed by atoms with van der Waals surface area (Å²) < 4.78 is 10.2. The van der Waals surface area contributed by atoms with Gasteiger partial charge in [0.25, 0.3) is 0 Å². The van der Waals surface area contributed by atoms with Crippen LogP contribution in [-0.4, -0.2) is 26.5 Å². The van der Waals surface area contributed by atoms with E-state index in [1.165, 1.54) is 9.40 Å². The van der Waals surface area contributed by atoms with E-state index in [1.54, 1.807) is 19.8 Å².